The van der Waals surface area contributed by atoms with Gasteiger partial charge in [-0.05, 0) is 34.9 Å². The Kier molecular flexibility index (Phi) is 3.68. The summed E-state index contributed by atoms with van der Waals surface area (Å²) in [6.07, 6.45) is 0.132. The van der Waals surface area contributed by atoms with E-state index in [4.69, 9.17) is 10.00 Å². The lowest BCUT2D eigenvalue weighted by molar-refractivity contribution is -0.0463. The number of hydrogen-bond acceptors (Lipinski definition) is 4. The second-order valence-corrected chi connectivity index (χ2v) is 5.79. The van der Waals surface area contributed by atoms with Crippen LogP contribution in [0.15, 0.2) is 0 Å². The first kappa shape index (κ1) is 13.8. The molecule has 1 saturated heterocycles. The molecule has 0 aromatic heterocycles. The molecule has 0 aliphatic carbocycles. The van der Waals surface area contributed by atoms with Crippen LogP contribution in [0.3, 0.4) is 0 Å². The molecule has 0 atom stereocenters. The summed E-state index contributed by atoms with van der Waals surface area (Å²) in [6.45, 7) is 6.66. The third-order valence-electron chi connectivity index (χ3n) is 2.98. The molecule has 0 unspecified atom stereocenters. The number of amides is 1. The third kappa shape index (κ3) is 3.10. The number of carbonyl (C=O) groups excluding carboxylic acids is 1. The van der Waals surface area contributed by atoms with E-state index in [0.717, 1.165) is 0 Å². The van der Waals surface area contributed by atoms with Crippen LogP contribution in [0.1, 0.15) is 27.2 Å². The van der Waals surface area contributed by atoms with E-state index in [-0.39, 0.29) is 11.6 Å². The van der Waals surface area contributed by atoms with E-state index in [2.05, 4.69) is 6.07 Å². The highest BCUT2D eigenvalue weighted by Crippen LogP contribution is 2.30. The second-order valence-electron chi connectivity index (χ2n) is 5.79. The number of nitrogens with zero attached hydrogens (tertiary/aromatic N) is 3. The first-order chi connectivity index (χ1) is 7.70. The summed E-state index contributed by atoms with van der Waals surface area (Å²) in [5, 5.41) is 8.82. The normalized spacial score (nSPS) is 18.5. The van der Waals surface area contributed by atoms with Crippen molar-refractivity contribution in [3.8, 4) is 6.07 Å². The number of likely N-dealkylation sites (tertiary alicyclic amines) is 1. The van der Waals surface area contributed by atoms with Gasteiger partial charge in [0.25, 0.3) is 0 Å². The molecule has 17 heavy (non-hydrogen) atoms. The molecule has 0 radical (unpaired) electrons. The van der Waals surface area contributed by atoms with Gasteiger partial charge in [0.05, 0.1) is 18.0 Å². The Morgan fingerprint density at radius 3 is 2.35 bits per heavy atom. The maximum Gasteiger partial charge on any atom is 0.410 e. The predicted molar refractivity (Wildman–Crippen MR) is 64.5 cm³/mol. The number of ether oxygens (including phenoxy) is 1. The first-order valence-corrected chi connectivity index (χ1v) is 5.72. The zero-order valence-corrected chi connectivity index (χ0v) is 11.3. The second kappa shape index (κ2) is 4.53. The molecule has 1 heterocycles. The van der Waals surface area contributed by atoms with Crippen molar-refractivity contribution in [2.24, 2.45) is 0 Å². The Balaban J connectivity index is 2.55. The van der Waals surface area contributed by atoms with Crippen LogP contribution in [0, 0.1) is 11.3 Å². The fourth-order valence-electron chi connectivity index (χ4n) is 1.82. The largest absolute Gasteiger partial charge is 0.444 e. The van der Waals surface area contributed by atoms with E-state index >= 15 is 0 Å². The molecule has 1 amide bonds. The molecule has 0 bridgehead atoms. The molecule has 1 rings (SSSR count). The summed E-state index contributed by atoms with van der Waals surface area (Å²) in [4.78, 5) is 15.4. The molecule has 0 saturated carbocycles. The van der Waals surface area contributed by atoms with Gasteiger partial charge in [0, 0.05) is 13.1 Å². The van der Waals surface area contributed by atoms with Gasteiger partial charge in [-0.1, -0.05) is 0 Å². The molecular weight excluding hydrogens is 218 g/mol. The summed E-state index contributed by atoms with van der Waals surface area (Å²) in [5.74, 6) is 0. The zero-order chi connectivity index (χ0) is 13.3. The van der Waals surface area contributed by atoms with Gasteiger partial charge >= 0.3 is 6.09 Å². The van der Waals surface area contributed by atoms with E-state index in [1.54, 1.807) is 4.90 Å². The van der Waals surface area contributed by atoms with Gasteiger partial charge < -0.3 is 9.64 Å². The Hall–Kier alpha value is -1.28. The van der Waals surface area contributed by atoms with Gasteiger partial charge in [-0.15, -0.1) is 0 Å². The molecule has 1 aliphatic heterocycles. The van der Waals surface area contributed by atoms with Crippen LogP contribution in [-0.2, 0) is 4.74 Å². The minimum absolute atomic E-state index is 0.203. The molecule has 1 fully saturated rings. The Labute approximate surface area is 103 Å². The highest BCUT2D eigenvalue weighted by Gasteiger charge is 2.48. The number of nitriles is 1. The van der Waals surface area contributed by atoms with Crippen LogP contribution in [-0.4, -0.2) is 54.2 Å². The van der Waals surface area contributed by atoms with E-state index in [0.29, 0.717) is 19.5 Å². The smallest absolute Gasteiger partial charge is 0.410 e. The van der Waals surface area contributed by atoms with Crippen molar-refractivity contribution in [3.63, 3.8) is 0 Å². The number of likely N-dealkylation sites (N-methyl/N-ethyl adjacent to an activating group) is 1. The van der Waals surface area contributed by atoms with Crippen molar-refractivity contribution < 1.29 is 9.53 Å². The van der Waals surface area contributed by atoms with Crippen molar-refractivity contribution in [1.82, 2.24) is 9.80 Å². The van der Waals surface area contributed by atoms with Crippen LogP contribution < -0.4 is 0 Å². The van der Waals surface area contributed by atoms with Crippen LogP contribution >= 0.6 is 0 Å². The molecule has 5 heteroatoms. The third-order valence-corrected chi connectivity index (χ3v) is 2.98. The van der Waals surface area contributed by atoms with Gasteiger partial charge in [-0.3, -0.25) is 4.90 Å². The van der Waals surface area contributed by atoms with Crippen molar-refractivity contribution in [3.05, 3.63) is 0 Å². The lowest BCUT2D eigenvalue weighted by atomic mass is 9.86. The van der Waals surface area contributed by atoms with E-state index in [1.807, 2.05) is 39.8 Å². The quantitative estimate of drug-likeness (QED) is 0.732. The topological polar surface area (TPSA) is 56.6 Å². The molecule has 0 N–H and O–H groups in total. The summed E-state index contributed by atoms with van der Waals surface area (Å²) >= 11 is 0. The van der Waals surface area contributed by atoms with Crippen molar-refractivity contribution in [2.45, 2.75) is 38.3 Å². The summed E-state index contributed by atoms with van der Waals surface area (Å²) in [6, 6.07) is 2.18. The molecule has 96 valence electrons. The SMILES string of the molecule is CN(C)C1(CC#N)CN(C(=O)OC(C)(C)C)C1. The maximum atomic E-state index is 11.8. The predicted octanol–water partition coefficient (Wildman–Crippen LogP) is 1.45. The van der Waals surface area contributed by atoms with E-state index in [1.165, 1.54) is 0 Å². The highest BCUT2D eigenvalue weighted by atomic mass is 16.6. The van der Waals surface area contributed by atoms with Gasteiger partial charge in [-0.25, -0.2) is 4.79 Å². The first-order valence-electron chi connectivity index (χ1n) is 5.72. The van der Waals surface area contributed by atoms with Gasteiger partial charge in [0.1, 0.15) is 5.60 Å². The number of hydrogen-bond donors (Lipinski definition) is 0. The fraction of sp³-hybridized carbons (Fsp3) is 0.833. The van der Waals surface area contributed by atoms with Crippen LogP contribution in [0.5, 0.6) is 0 Å². The molecule has 1 aliphatic rings. The summed E-state index contributed by atoms with van der Waals surface area (Å²) in [5.41, 5.74) is -0.672. The van der Waals surface area contributed by atoms with Crippen molar-refractivity contribution in [1.29, 1.82) is 5.26 Å². The standard InChI is InChI=1S/C12H21N3O2/c1-11(2,3)17-10(16)15-8-12(9-15,6-7-13)14(4)5/h6,8-9H2,1-5H3. The minimum Gasteiger partial charge on any atom is -0.444 e. The average molecular weight is 239 g/mol. The molecule has 5 nitrogen and oxygen atoms in total. The Morgan fingerprint density at radius 1 is 1.47 bits per heavy atom. The summed E-state index contributed by atoms with van der Waals surface area (Å²) < 4.78 is 5.28. The van der Waals surface area contributed by atoms with Gasteiger partial charge in [0.15, 0.2) is 0 Å². The molecule has 0 aromatic carbocycles. The van der Waals surface area contributed by atoms with Gasteiger partial charge in [0.2, 0.25) is 0 Å². The molecule has 0 aromatic rings. The number of rotatable bonds is 2. The lowest BCUT2D eigenvalue weighted by Crippen LogP contribution is -2.69. The maximum absolute atomic E-state index is 11.8. The number of carbonyl (C=O) groups is 1. The monoisotopic (exact) mass is 239 g/mol. The molecule has 0 spiro atoms. The fourth-order valence-corrected chi connectivity index (χ4v) is 1.82. The highest BCUT2D eigenvalue weighted by molar-refractivity contribution is 5.69. The average Bonchev–Trinajstić information content (AvgIpc) is 2.06. The van der Waals surface area contributed by atoms with E-state index < -0.39 is 5.60 Å². The zero-order valence-electron chi connectivity index (χ0n) is 11.3. The van der Waals surface area contributed by atoms with Crippen LogP contribution in [0.2, 0.25) is 0 Å². The van der Waals surface area contributed by atoms with Crippen LogP contribution in [0.4, 0.5) is 4.79 Å². The molecular formula is C12H21N3O2. The van der Waals surface area contributed by atoms with Crippen molar-refractivity contribution >= 4 is 6.09 Å². The van der Waals surface area contributed by atoms with E-state index in [9.17, 15) is 4.79 Å². The Bertz CT molecular complexity index is 333. The van der Waals surface area contributed by atoms with Gasteiger partial charge in [-0.2, -0.15) is 5.26 Å². The Morgan fingerprint density at radius 2 is 2.00 bits per heavy atom. The van der Waals surface area contributed by atoms with Crippen molar-refractivity contribution in [2.75, 3.05) is 27.2 Å². The minimum atomic E-state index is -0.470. The summed E-state index contributed by atoms with van der Waals surface area (Å²) in [7, 11) is 3.87. The van der Waals surface area contributed by atoms with Crippen LogP contribution in [0.25, 0.3) is 0 Å². The lowest BCUT2D eigenvalue weighted by Gasteiger charge is -2.52.